The molecule has 0 saturated carbocycles. The lowest BCUT2D eigenvalue weighted by atomic mass is 9.95. The van der Waals surface area contributed by atoms with Crippen molar-refractivity contribution in [1.82, 2.24) is 5.32 Å². The van der Waals surface area contributed by atoms with Crippen LogP contribution in [0.2, 0.25) is 0 Å². The molecule has 0 radical (unpaired) electrons. The van der Waals surface area contributed by atoms with E-state index in [1.54, 1.807) is 7.11 Å². The number of dihydropyridines is 1. The highest BCUT2D eigenvalue weighted by Crippen LogP contribution is 2.30. The average Bonchev–Trinajstić information content (AvgIpc) is 2.58. The molecule has 3 heteroatoms. The molecular weight excluding hydrogens is 294 g/mol. The van der Waals surface area contributed by atoms with Crippen LogP contribution in [0, 0.1) is 6.92 Å². The maximum Gasteiger partial charge on any atom is 0.122 e. The standard InChI is InChI=1S/C17H22ClNO.C2H6/c1-4-5-14-7-15(8-17(20-3)12(14)2)16-6-13(9-18)10-19-11-16;1-2/h6-8,11,19H,4-5,9-10H2,1-3H3;1-2H3. The van der Waals surface area contributed by atoms with E-state index in [2.05, 4.69) is 43.6 Å². The molecule has 1 aromatic rings. The molecule has 0 spiro atoms. The van der Waals surface area contributed by atoms with Gasteiger partial charge in [0.2, 0.25) is 0 Å². The van der Waals surface area contributed by atoms with Crippen molar-refractivity contribution < 1.29 is 4.74 Å². The third kappa shape index (κ3) is 4.54. The van der Waals surface area contributed by atoms with E-state index >= 15 is 0 Å². The molecule has 0 amide bonds. The first kappa shape index (κ1) is 18.6. The SMILES string of the molecule is CC.CCCc1cc(C2=CNCC(CCl)=C2)cc(OC)c1C. The number of hydrogen-bond acceptors (Lipinski definition) is 2. The van der Waals surface area contributed by atoms with Crippen LogP contribution >= 0.6 is 11.6 Å². The number of benzene rings is 1. The van der Waals surface area contributed by atoms with Crippen molar-refractivity contribution in [2.75, 3.05) is 19.5 Å². The molecule has 122 valence electrons. The normalized spacial score (nSPS) is 13.4. The van der Waals surface area contributed by atoms with Crippen LogP contribution in [0.3, 0.4) is 0 Å². The lowest BCUT2D eigenvalue weighted by molar-refractivity contribution is 0.411. The number of rotatable bonds is 5. The van der Waals surface area contributed by atoms with Crippen molar-refractivity contribution in [3.05, 3.63) is 46.7 Å². The molecule has 1 aliphatic rings. The zero-order valence-electron chi connectivity index (χ0n) is 14.4. The van der Waals surface area contributed by atoms with Gasteiger partial charge in [-0.15, -0.1) is 11.6 Å². The summed E-state index contributed by atoms with van der Waals surface area (Å²) >= 11 is 5.94. The van der Waals surface area contributed by atoms with Crippen LogP contribution in [0.1, 0.15) is 43.9 Å². The van der Waals surface area contributed by atoms with Gasteiger partial charge in [-0.3, -0.25) is 0 Å². The van der Waals surface area contributed by atoms with Crippen molar-refractivity contribution in [2.45, 2.75) is 40.5 Å². The Morgan fingerprint density at radius 3 is 2.59 bits per heavy atom. The van der Waals surface area contributed by atoms with Gasteiger partial charge in [0.15, 0.2) is 0 Å². The summed E-state index contributed by atoms with van der Waals surface area (Å²) in [6.45, 7) is 9.16. The van der Waals surface area contributed by atoms with Crippen molar-refractivity contribution in [3.63, 3.8) is 0 Å². The Morgan fingerprint density at radius 2 is 2.00 bits per heavy atom. The lowest BCUT2D eigenvalue weighted by Gasteiger charge is -2.17. The second-order valence-corrected chi connectivity index (χ2v) is 5.40. The Labute approximate surface area is 140 Å². The van der Waals surface area contributed by atoms with Gasteiger partial charge in [-0.05, 0) is 47.2 Å². The van der Waals surface area contributed by atoms with Gasteiger partial charge >= 0.3 is 0 Å². The maximum absolute atomic E-state index is 5.94. The zero-order chi connectivity index (χ0) is 16.5. The Kier molecular flexibility index (Phi) is 8.11. The predicted molar refractivity (Wildman–Crippen MR) is 97.9 cm³/mol. The van der Waals surface area contributed by atoms with Gasteiger partial charge in [0.1, 0.15) is 5.75 Å². The highest BCUT2D eigenvalue weighted by Gasteiger charge is 2.12. The molecule has 0 fully saturated rings. The lowest BCUT2D eigenvalue weighted by Crippen LogP contribution is -2.15. The number of methoxy groups -OCH3 is 1. The molecule has 0 atom stereocenters. The monoisotopic (exact) mass is 321 g/mol. The van der Waals surface area contributed by atoms with E-state index in [4.69, 9.17) is 16.3 Å². The number of allylic oxidation sites excluding steroid dienone is 2. The fraction of sp³-hybridized carbons (Fsp3) is 0.474. The molecule has 1 N–H and O–H groups in total. The van der Waals surface area contributed by atoms with Crippen molar-refractivity contribution in [1.29, 1.82) is 0 Å². The topological polar surface area (TPSA) is 21.3 Å². The van der Waals surface area contributed by atoms with E-state index < -0.39 is 0 Å². The Hall–Kier alpha value is -1.41. The molecule has 0 aliphatic carbocycles. The minimum absolute atomic E-state index is 0.565. The molecule has 0 saturated heterocycles. The van der Waals surface area contributed by atoms with Gasteiger partial charge in [-0.1, -0.05) is 39.3 Å². The van der Waals surface area contributed by atoms with Gasteiger partial charge in [0.25, 0.3) is 0 Å². The first-order valence-corrected chi connectivity index (χ1v) is 8.59. The number of halogens is 1. The van der Waals surface area contributed by atoms with E-state index in [1.807, 2.05) is 13.8 Å². The Morgan fingerprint density at radius 1 is 1.27 bits per heavy atom. The minimum atomic E-state index is 0.565. The number of ether oxygens (including phenoxy) is 1. The largest absolute Gasteiger partial charge is 0.496 e. The highest BCUT2D eigenvalue weighted by atomic mass is 35.5. The molecule has 1 aromatic carbocycles. The van der Waals surface area contributed by atoms with Gasteiger partial charge < -0.3 is 10.1 Å². The Balaban J connectivity index is 0.00000116. The molecule has 2 nitrogen and oxygen atoms in total. The summed E-state index contributed by atoms with van der Waals surface area (Å²) in [5.74, 6) is 1.52. The number of nitrogens with one attached hydrogen (secondary N) is 1. The summed E-state index contributed by atoms with van der Waals surface area (Å²) in [5.41, 5.74) is 6.16. The fourth-order valence-electron chi connectivity index (χ4n) is 2.51. The third-order valence-corrected chi connectivity index (χ3v) is 4.00. The van der Waals surface area contributed by atoms with Crippen LogP contribution in [0.25, 0.3) is 5.57 Å². The summed E-state index contributed by atoms with van der Waals surface area (Å²) in [4.78, 5) is 0. The van der Waals surface area contributed by atoms with E-state index in [0.717, 1.165) is 25.1 Å². The maximum atomic E-state index is 5.94. The quantitative estimate of drug-likeness (QED) is 0.762. The fourth-order valence-corrected chi connectivity index (χ4v) is 2.68. The molecular formula is C19H28ClNO. The van der Waals surface area contributed by atoms with E-state index in [1.165, 1.54) is 27.8 Å². The molecule has 0 aromatic heterocycles. The minimum Gasteiger partial charge on any atom is -0.496 e. The molecule has 0 bridgehead atoms. The van der Waals surface area contributed by atoms with Crippen molar-refractivity contribution in [3.8, 4) is 5.75 Å². The highest BCUT2D eigenvalue weighted by molar-refractivity contribution is 6.19. The second-order valence-electron chi connectivity index (χ2n) is 5.13. The van der Waals surface area contributed by atoms with Crippen LogP contribution in [0.15, 0.2) is 30.0 Å². The number of alkyl halides is 1. The van der Waals surface area contributed by atoms with Gasteiger partial charge in [-0.2, -0.15) is 0 Å². The average molecular weight is 322 g/mol. The summed E-state index contributed by atoms with van der Waals surface area (Å²) in [6.07, 6.45) is 6.43. The van der Waals surface area contributed by atoms with Crippen LogP contribution in [0.5, 0.6) is 5.75 Å². The predicted octanol–water partition coefficient (Wildman–Crippen LogP) is 5.09. The smallest absolute Gasteiger partial charge is 0.122 e. The van der Waals surface area contributed by atoms with E-state index in [0.29, 0.717) is 5.88 Å². The van der Waals surface area contributed by atoms with Crippen LogP contribution < -0.4 is 10.1 Å². The van der Waals surface area contributed by atoms with Crippen LogP contribution in [-0.4, -0.2) is 19.5 Å². The summed E-state index contributed by atoms with van der Waals surface area (Å²) < 4.78 is 5.52. The van der Waals surface area contributed by atoms with Gasteiger partial charge in [-0.25, -0.2) is 0 Å². The molecule has 2 rings (SSSR count). The molecule has 1 aliphatic heterocycles. The Bertz CT molecular complexity index is 547. The zero-order valence-corrected chi connectivity index (χ0v) is 15.2. The summed E-state index contributed by atoms with van der Waals surface area (Å²) in [5, 5.41) is 3.28. The summed E-state index contributed by atoms with van der Waals surface area (Å²) in [7, 11) is 1.73. The molecule has 1 heterocycles. The summed E-state index contributed by atoms with van der Waals surface area (Å²) in [6, 6.07) is 4.37. The molecule has 0 unspecified atom stereocenters. The van der Waals surface area contributed by atoms with E-state index in [9.17, 15) is 0 Å². The number of hydrogen-bond donors (Lipinski definition) is 1. The van der Waals surface area contributed by atoms with Crippen molar-refractivity contribution >= 4 is 17.2 Å². The first-order valence-electron chi connectivity index (χ1n) is 8.06. The van der Waals surface area contributed by atoms with Crippen molar-refractivity contribution in [2.24, 2.45) is 0 Å². The molecule has 22 heavy (non-hydrogen) atoms. The first-order chi connectivity index (χ1) is 10.7. The van der Waals surface area contributed by atoms with Crippen LogP contribution in [-0.2, 0) is 6.42 Å². The van der Waals surface area contributed by atoms with Crippen LogP contribution in [0.4, 0.5) is 0 Å². The van der Waals surface area contributed by atoms with Gasteiger partial charge in [0.05, 0.1) is 7.11 Å². The van der Waals surface area contributed by atoms with E-state index in [-0.39, 0.29) is 0 Å². The van der Waals surface area contributed by atoms with Gasteiger partial charge in [0, 0.05) is 18.6 Å². The second kappa shape index (κ2) is 9.58. The number of aryl methyl sites for hydroxylation is 1. The third-order valence-electron chi connectivity index (χ3n) is 3.66.